The van der Waals surface area contributed by atoms with Crippen LogP contribution in [0, 0.1) is 0 Å². The van der Waals surface area contributed by atoms with Crippen LogP contribution in [0.25, 0.3) is 22.5 Å². The molecule has 0 unspecified atom stereocenters. The summed E-state index contributed by atoms with van der Waals surface area (Å²) >= 11 is 0. The lowest BCUT2D eigenvalue weighted by atomic mass is 10.2. The summed E-state index contributed by atoms with van der Waals surface area (Å²) in [6.45, 7) is 2.78. The van der Waals surface area contributed by atoms with Crippen molar-refractivity contribution in [1.82, 2.24) is 34.0 Å². The number of benzene rings is 1. The lowest BCUT2D eigenvalue weighted by Crippen LogP contribution is -2.42. The van der Waals surface area contributed by atoms with Gasteiger partial charge in [-0.3, -0.25) is 14.0 Å². The molecule has 29 heavy (non-hydrogen) atoms. The van der Waals surface area contributed by atoms with E-state index in [0.29, 0.717) is 30.0 Å². The summed E-state index contributed by atoms with van der Waals surface area (Å²) in [5, 5.41) is 12.8. The highest BCUT2D eigenvalue weighted by Crippen LogP contribution is 2.27. The van der Waals surface area contributed by atoms with E-state index in [0.717, 1.165) is 11.4 Å². The molecule has 0 spiro atoms. The van der Waals surface area contributed by atoms with E-state index in [1.165, 1.54) is 4.57 Å². The lowest BCUT2D eigenvalue weighted by molar-refractivity contribution is -0.133. The van der Waals surface area contributed by atoms with Crippen LogP contribution in [0.5, 0.6) is 0 Å². The first kappa shape index (κ1) is 17.4. The SMILES string of the molecule is C[C@H]1CN(C(=O)Cn2c(=O)oc3ccccc32)Cc2nnc(-c3cnn(C)c3)n21. The van der Waals surface area contributed by atoms with E-state index in [-0.39, 0.29) is 18.5 Å². The molecule has 5 rings (SSSR count). The first-order valence-electron chi connectivity index (χ1n) is 9.30. The Kier molecular flexibility index (Phi) is 3.86. The second kappa shape index (κ2) is 6.43. The van der Waals surface area contributed by atoms with Crippen molar-refractivity contribution in [1.29, 1.82) is 0 Å². The summed E-state index contributed by atoms with van der Waals surface area (Å²) in [7, 11) is 1.85. The molecule has 1 atom stereocenters. The average Bonchev–Trinajstić information content (AvgIpc) is 3.39. The van der Waals surface area contributed by atoms with Crippen molar-refractivity contribution < 1.29 is 9.21 Å². The van der Waals surface area contributed by atoms with Crippen LogP contribution in [0.3, 0.4) is 0 Å². The monoisotopic (exact) mass is 393 g/mol. The minimum Gasteiger partial charge on any atom is -0.408 e. The maximum atomic E-state index is 13.0. The molecule has 0 fully saturated rings. The maximum Gasteiger partial charge on any atom is 0.420 e. The number of amides is 1. The first-order valence-corrected chi connectivity index (χ1v) is 9.30. The topological polar surface area (TPSA) is 104 Å². The van der Waals surface area contributed by atoms with E-state index in [1.807, 2.05) is 30.8 Å². The lowest BCUT2D eigenvalue weighted by Gasteiger charge is -2.32. The van der Waals surface area contributed by atoms with Gasteiger partial charge in [-0.25, -0.2) is 4.79 Å². The molecule has 1 aliphatic heterocycles. The number of hydrogen-bond acceptors (Lipinski definition) is 6. The smallest absolute Gasteiger partial charge is 0.408 e. The number of para-hydroxylation sites is 2. The van der Waals surface area contributed by atoms with Gasteiger partial charge in [0, 0.05) is 19.8 Å². The molecule has 0 saturated carbocycles. The number of carbonyl (C=O) groups is 1. The molecule has 1 aliphatic rings. The zero-order chi connectivity index (χ0) is 20.1. The van der Waals surface area contributed by atoms with Gasteiger partial charge in [0.05, 0.1) is 29.9 Å². The molecule has 0 N–H and O–H groups in total. The number of rotatable bonds is 3. The van der Waals surface area contributed by atoms with Crippen LogP contribution in [0.15, 0.2) is 45.9 Å². The fourth-order valence-corrected chi connectivity index (χ4v) is 3.85. The van der Waals surface area contributed by atoms with E-state index in [9.17, 15) is 9.59 Å². The number of carbonyl (C=O) groups excluding carboxylic acids is 1. The van der Waals surface area contributed by atoms with E-state index < -0.39 is 5.76 Å². The molecular weight excluding hydrogens is 374 g/mol. The van der Waals surface area contributed by atoms with Crippen LogP contribution in [0.2, 0.25) is 0 Å². The van der Waals surface area contributed by atoms with Crippen molar-refractivity contribution in [2.45, 2.75) is 26.1 Å². The highest BCUT2D eigenvalue weighted by Gasteiger charge is 2.30. The van der Waals surface area contributed by atoms with Crippen LogP contribution in [-0.2, 0) is 24.9 Å². The molecule has 148 valence electrons. The van der Waals surface area contributed by atoms with Gasteiger partial charge in [-0.15, -0.1) is 10.2 Å². The number of fused-ring (bicyclic) bond motifs is 2. The summed E-state index contributed by atoms with van der Waals surface area (Å²) in [6, 6.07) is 7.07. The summed E-state index contributed by atoms with van der Waals surface area (Å²) in [6.07, 6.45) is 3.63. The minimum absolute atomic E-state index is 0.00859. The molecule has 3 aromatic heterocycles. The molecule has 10 nitrogen and oxygen atoms in total. The fourth-order valence-electron chi connectivity index (χ4n) is 3.85. The van der Waals surface area contributed by atoms with Crippen molar-refractivity contribution in [2.75, 3.05) is 6.54 Å². The third-order valence-electron chi connectivity index (χ3n) is 5.21. The Labute approximate surface area is 165 Å². The second-order valence-corrected chi connectivity index (χ2v) is 7.26. The number of nitrogens with zero attached hydrogens (tertiary/aromatic N) is 7. The number of hydrogen-bond donors (Lipinski definition) is 0. The third-order valence-corrected chi connectivity index (χ3v) is 5.21. The van der Waals surface area contributed by atoms with Gasteiger partial charge < -0.3 is 13.9 Å². The van der Waals surface area contributed by atoms with Crippen LogP contribution < -0.4 is 5.76 Å². The van der Waals surface area contributed by atoms with Crippen molar-refractivity contribution in [2.24, 2.45) is 7.05 Å². The maximum absolute atomic E-state index is 13.0. The predicted molar refractivity (Wildman–Crippen MR) is 103 cm³/mol. The Balaban J connectivity index is 1.41. The quantitative estimate of drug-likeness (QED) is 0.518. The molecule has 0 saturated heterocycles. The van der Waals surface area contributed by atoms with Gasteiger partial charge in [0.2, 0.25) is 5.91 Å². The third kappa shape index (κ3) is 2.84. The van der Waals surface area contributed by atoms with E-state index in [2.05, 4.69) is 15.3 Å². The molecule has 10 heteroatoms. The van der Waals surface area contributed by atoms with E-state index in [1.54, 1.807) is 34.0 Å². The molecule has 1 aromatic carbocycles. The zero-order valence-corrected chi connectivity index (χ0v) is 16.0. The minimum atomic E-state index is -0.536. The Hall–Kier alpha value is -3.69. The van der Waals surface area contributed by atoms with Crippen molar-refractivity contribution in [3.8, 4) is 11.4 Å². The molecule has 4 heterocycles. The standard InChI is InChI=1S/C19H19N7O3/c1-12-8-24(10-16-21-22-18(26(12)16)13-7-20-23(2)9-13)17(27)11-25-14-5-3-4-6-15(14)29-19(25)28/h3-7,9,12H,8,10-11H2,1-2H3/t12-/m0/s1. The van der Waals surface area contributed by atoms with Gasteiger partial charge >= 0.3 is 5.76 Å². The van der Waals surface area contributed by atoms with Gasteiger partial charge in [0.15, 0.2) is 17.2 Å². The molecule has 0 bridgehead atoms. The summed E-state index contributed by atoms with van der Waals surface area (Å²) in [4.78, 5) is 26.8. The number of oxazole rings is 1. The van der Waals surface area contributed by atoms with E-state index in [4.69, 9.17) is 4.42 Å². The Morgan fingerprint density at radius 1 is 1.28 bits per heavy atom. The Morgan fingerprint density at radius 2 is 2.10 bits per heavy atom. The molecule has 0 aliphatic carbocycles. The second-order valence-electron chi connectivity index (χ2n) is 7.26. The van der Waals surface area contributed by atoms with Gasteiger partial charge in [-0.05, 0) is 19.1 Å². The van der Waals surface area contributed by atoms with Crippen LogP contribution >= 0.6 is 0 Å². The fraction of sp³-hybridized carbons (Fsp3) is 0.316. The summed E-state index contributed by atoms with van der Waals surface area (Å²) in [5.74, 6) is 0.749. The summed E-state index contributed by atoms with van der Waals surface area (Å²) < 4.78 is 10.3. The highest BCUT2D eigenvalue weighted by molar-refractivity contribution is 5.79. The Bertz CT molecular complexity index is 1280. The normalized spacial score (nSPS) is 16.3. The summed E-state index contributed by atoms with van der Waals surface area (Å²) in [5.41, 5.74) is 1.96. The largest absolute Gasteiger partial charge is 0.420 e. The van der Waals surface area contributed by atoms with E-state index >= 15 is 0 Å². The molecule has 1 amide bonds. The van der Waals surface area contributed by atoms with Gasteiger partial charge in [0.25, 0.3) is 0 Å². The van der Waals surface area contributed by atoms with Gasteiger partial charge in [0.1, 0.15) is 6.54 Å². The van der Waals surface area contributed by atoms with Crippen molar-refractivity contribution in [3.05, 3.63) is 53.0 Å². The van der Waals surface area contributed by atoms with Crippen molar-refractivity contribution in [3.63, 3.8) is 0 Å². The molecular formula is C19H19N7O3. The molecule has 4 aromatic rings. The average molecular weight is 393 g/mol. The zero-order valence-electron chi connectivity index (χ0n) is 16.0. The highest BCUT2D eigenvalue weighted by atomic mass is 16.4. The van der Waals surface area contributed by atoms with Crippen LogP contribution in [-0.4, -0.2) is 46.5 Å². The predicted octanol–water partition coefficient (Wildman–Crippen LogP) is 1.19. The Morgan fingerprint density at radius 3 is 2.90 bits per heavy atom. The van der Waals surface area contributed by atoms with Gasteiger partial charge in [-0.1, -0.05) is 12.1 Å². The van der Waals surface area contributed by atoms with Crippen LogP contribution in [0.4, 0.5) is 0 Å². The number of aryl methyl sites for hydroxylation is 1. The first-order chi connectivity index (χ1) is 14.0. The van der Waals surface area contributed by atoms with Gasteiger partial charge in [-0.2, -0.15) is 5.10 Å². The van der Waals surface area contributed by atoms with Crippen molar-refractivity contribution >= 4 is 17.0 Å². The number of aromatic nitrogens is 6. The van der Waals surface area contributed by atoms with Crippen LogP contribution in [0.1, 0.15) is 18.8 Å². The molecule has 0 radical (unpaired) electrons.